The summed E-state index contributed by atoms with van der Waals surface area (Å²) in [7, 11) is 0. The molecule has 0 fully saturated rings. The first-order valence-corrected chi connectivity index (χ1v) is 7.91. The molecule has 2 heterocycles. The van der Waals surface area contributed by atoms with Gasteiger partial charge in [0.05, 0.1) is 17.6 Å². The van der Waals surface area contributed by atoms with Gasteiger partial charge in [0.2, 0.25) is 0 Å². The molecule has 0 amide bonds. The van der Waals surface area contributed by atoms with E-state index in [0.29, 0.717) is 0 Å². The van der Waals surface area contributed by atoms with Crippen LogP contribution in [0.3, 0.4) is 0 Å². The van der Waals surface area contributed by atoms with Crippen molar-refractivity contribution in [1.29, 1.82) is 0 Å². The Morgan fingerprint density at radius 2 is 2.15 bits per heavy atom. The summed E-state index contributed by atoms with van der Waals surface area (Å²) in [5, 5.41) is 5.79. The van der Waals surface area contributed by atoms with Gasteiger partial charge < -0.3 is 5.32 Å². The Hall–Kier alpha value is -1.55. The molecule has 0 saturated carbocycles. The highest BCUT2D eigenvalue weighted by molar-refractivity contribution is 8.13. The molecule has 1 aromatic carbocycles. The first-order valence-electron chi connectivity index (χ1n) is 6.92. The van der Waals surface area contributed by atoms with Gasteiger partial charge in [-0.3, -0.25) is 9.98 Å². The van der Waals surface area contributed by atoms with Crippen molar-refractivity contribution in [2.45, 2.75) is 25.8 Å². The number of aliphatic imine (C=N–C) groups is 1. The van der Waals surface area contributed by atoms with Gasteiger partial charge in [-0.1, -0.05) is 30.0 Å². The van der Waals surface area contributed by atoms with Crippen molar-refractivity contribution in [1.82, 2.24) is 10.3 Å². The lowest BCUT2D eigenvalue weighted by molar-refractivity contribution is 0.508. The van der Waals surface area contributed by atoms with E-state index in [1.54, 1.807) is 0 Å². The van der Waals surface area contributed by atoms with E-state index in [4.69, 9.17) is 0 Å². The lowest BCUT2D eigenvalue weighted by Gasteiger charge is -2.17. The zero-order chi connectivity index (χ0) is 14.0. The molecule has 1 N–H and O–H groups in total. The average molecular weight is 285 g/mol. The highest BCUT2D eigenvalue weighted by Gasteiger charge is 2.24. The Balaban J connectivity index is 1.64. The molecule has 2 aromatic rings. The molecule has 20 heavy (non-hydrogen) atoms. The molecule has 104 valence electrons. The lowest BCUT2D eigenvalue weighted by atomic mass is 10.1. The number of nitrogens with one attached hydrogen (secondary N) is 1. The smallest absolute Gasteiger partial charge is 0.157 e. The van der Waals surface area contributed by atoms with Gasteiger partial charge in [-0.25, -0.2) is 0 Å². The van der Waals surface area contributed by atoms with E-state index in [0.717, 1.165) is 29.4 Å². The Labute approximate surface area is 123 Å². The van der Waals surface area contributed by atoms with Crippen molar-refractivity contribution in [2.75, 3.05) is 12.3 Å². The summed E-state index contributed by atoms with van der Waals surface area (Å²) in [6, 6.07) is 10.5. The second-order valence-electron chi connectivity index (χ2n) is 5.72. The second kappa shape index (κ2) is 5.44. The van der Waals surface area contributed by atoms with E-state index in [9.17, 15) is 0 Å². The summed E-state index contributed by atoms with van der Waals surface area (Å²) in [6.45, 7) is 5.23. The summed E-state index contributed by atoms with van der Waals surface area (Å²) in [5.41, 5.74) is 2.56. The third-order valence-electron chi connectivity index (χ3n) is 3.41. The number of aromatic nitrogens is 1. The maximum absolute atomic E-state index is 4.54. The number of hydrogen-bond donors (Lipinski definition) is 1. The Morgan fingerprint density at radius 3 is 2.95 bits per heavy atom. The number of benzene rings is 1. The topological polar surface area (TPSA) is 37.3 Å². The van der Waals surface area contributed by atoms with Crippen molar-refractivity contribution in [3.63, 3.8) is 0 Å². The number of nitrogens with zero attached hydrogens (tertiary/aromatic N) is 2. The Kier molecular flexibility index (Phi) is 3.66. The molecular formula is C16H19N3S. The Bertz CT molecular complexity index is 644. The highest BCUT2D eigenvalue weighted by Crippen LogP contribution is 2.20. The van der Waals surface area contributed by atoms with E-state index >= 15 is 0 Å². The summed E-state index contributed by atoms with van der Waals surface area (Å²) in [6.07, 6.45) is 2.88. The molecule has 1 aliphatic rings. The van der Waals surface area contributed by atoms with Crippen molar-refractivity contribution in [3.8, 4) is 0 Å². The minimum absolute atomic E-state index is 0.117. The van der Waals surface area contributed by atoms with Gasteiger partial charge in [-0.05, 0) is 38.0 Å². The number of hydrogen-bond acceptors (Lipinski definition) is 4. The van der Waals surface area contributed by atoms with E-state index < -0.39 is 0 Å². The molecule has 3 rings (SSSR count). The number of amidine groups is 1. The number of aryl methyl sites for hydroxylation is 1. The predicted octanol–water partition coefficient (Wildman–Crippen LogP) is 3.25. The maximum Gasteiger partial charge on any atom is 0.157 e. The zero-order valence-corrected chi connectivity index (χ0v) is 12.7. The first kappa shape index (κ1) is 13.4. The predicted molar refractivity (Wildman–Crippen MR) is 87.4 cm³/mol. The van der Waals surface area contributed by atoms with Crippen LogP contribution in [0.4, 0.5) is 0 Å². The molecule has 1 aliphatic heterocycles. The van der Waals surface area contributed by atoms with E-state index in [1.165, 1.54) is 10.9 Å². The third kappa shape index (κ3) is 2.96. The van der Waals surface area contributed by atoms with Crippen LogP contribution in [0.15, 0.2) is 41.5 Å². The van der Waals surface area contributed by atoms with Crippen LogP contribution in [0.25, 0.3) is 10.9 Å². The highest BCUT2D eigenvalue weighted by atomic mass is 32.2. The zero-order valence-electron chi connectivity index (χ0n) is 11.9. The average Bonchev–Trinajstić information content (AvgIpc) is 2.79. The van der Waals surface area contributed by atoms with E-state index in [-0.39, 0.29) is 5.54 Å². The molecule has 0 aliphatic carbocycles. The third-order valence-corrected chi connectivity index (χ3v) is 4.32. The number of pyridine rings is 1. The van der Waals surface area contributed by atoms with Crippen molar-refractivity contribution in [2.24, 2.45) is 4.99 Å². The summed E-state index contributed by atoms with van der Waals surface area (Å²) in [4.78, 5) is 8.94. The van der Waals surface area contributed by atoms with Crippen LogP contribution in [0.5, 0.6) is 0 Å². The number of fused-ring (bicyclic) bond motifs is 1. The Morgan fingerprint density at radius 1 is 1.25 bits per heavy atom. The molecule has 1 aromatic heterocycles. The van der Waals surface area contributed by atoms with Crippen LogP contribution >= 0.6 is 11.8 Å². The fourth-order valence-electron chi connectivity index (χ4n) is 2.36. The SMILES string of the molecule is CC1(C)CN=C(SCCc2cccc3ncccc23)N1. The summed E-state index contributed by atoms with van der Waals surface area (Å²) in [5.74, 6) is 1.04. The molecule has 4 heteroatoms. The second-order valence-corrected chi connectivity index (χ2v) is 6.80. The van der Waals surface area contributed by atoms with E-state index in [1.807, 2.05) is 24.0 Å². The minimum atomic E-state index is 0.117. The first-order chi connectivity index (χ1) is 9.64. The quantitative estimate of drug-likeness (QED) is 0.940. The monoisotopic (exact) mass is 285 g/mol. The van der Waals surface area contributed by atoms with Gasteiger partial charge >= 0.3 is 0 Å². The molecule has 0 atom stereocenters. The van der Waals surface area contributed by atoms with Gasteiger partial charge in [0.1, 0.15) is 0 Å². The molecule has 0 bridgehead atoms. The van der Waals surface area contributed by atoms with Crippen LogP contribution in [-0.4, -0.2) is 28.0 Å². The molecule has 0 saturated heterocycles. The largest absolute Gasteiger partial charge is 0.358 e. The standard InChI is InChI=1S/C16H19N3S/c1-16(2)11-18-15(19-16)20-10-8-12-5-3-7-14-13(12)6-4-9-17-14/h3-7,9H,8,10-11H2,1-2H3,(H,18,19). The van der Waals surface area contributed by atoms with Gasteiger partial charge in [-0.2, -0.15) is 0 Å². The van der Waals surface area contributed by atoms with Gasteiger partial charge in [0.15, 0.2) is 5.17 Å². The normalized spacial score (nSPS) is 17.0. The van der Waals surface area contributed by atoms with Crippen molar-refractivity contribution in [3.05, 3.63) is 42.1 Å². The maximum atomic E-state index is 4.54. The van der Waals surface area contributed by atoms with E-state index in [2.05, 4.69) is 53.4 Å². The van der Waals surface area contributed by atoms with Gasteiger partial charge in [0, 0.05) is 17.3 Å². The fourth-order valence-corrected chi connectivity index (χ4v) is 3.38. The van der Waals surface area contributed by atoms with Gasteiger partial charge in [-0.15, -0.1) is 0 Å². The molecule has 0 spiro atoms. The van der Waals surface area contributed by atoms with Crippen LogP contribution in [0.1, 0.15) is 19.4 Å². The minimum Gasteiger partial charge on any atom is -0.358 e. The molecule has 0 unspecified atom stereocenters. The van der Waals surface area contributed by atoms with Crippen LogP contribution in [0, 0.1) is 0 Å². The molecule has 3 nitrogen and oxygen atoms in total. The fraction of sp³-hybridized carbons (Fsp3) is 0.375. The van der Waals surface area contributed by atoms with Crippen molar-refractivity contribution < 1.29 is 0 Å². The van der Waals surface area contributed by atoms with Crippen molar-refractivity contribution >= 4 is 27.8 Å². The molecular weight excluding hydrogens is 266 g/mol. The molecule has 0 radical (unpaired) electrons. The summed E-state index contributed by atoms with van der Waals surface area (Å²) >= 11 is 1.81. The lowest BCUT2D eigenvalue weighted by Crippen LogP contribution is -2.38. The number of thioether (sulfide) groups is 1. The van der Waals surface area contributed by atoms with Crippen LogP contribution in [-0.2, 0) is 6.42 Å². The summed E-state index contributed by atoms with van der Waals surface area (Å²) < 4.78 is 0. The number of rotatable bonds is 3. The van der Waals surface area contributed by atoms with Crippen LogP contribution in [0.2, 0.25) is 0 Å². The van der Waals surface area contributed by atoms with Gasteiger partial charge in [0.25, 0.3) is 0 Å². The van der Waals surface area contributed by atoms with Crippen LogP contribution < -0.4 is 5.32 Å².